The summed E-state index contributed by atoms with van der Waals surface area (Å²) in [4.78, 5) is 30.3. The first-order chi connectivity index (χ1) is 14.4. The van der Waals surface area contributed by atoms with Gasteiger partial charge in [-0.15, -0.1) is 11.3 Å². The molecule has 0 radical (unpaired) electrons. The van der Waals surface area contributed by atoms with Gasteiger partial charge in [-0.25, -0.2) is 4.98 Å². The van der Waals surface area contributed by atoms with Gasteiger partial charge >= 0.3 is 5.97 Å². The molecule has 0 atom stereocenters. The van der Waals surface area contributed by atoms with Crippen LogP contribution in [0.1, 0.15) is 4.88 Å². The zero-order valence-corrected chi connectivity index (χ0v) is 17.7. The average Bonchev–Trinajstić information content (AvgIpc) is 3.13. The standard InChI is InChI=1S/C21H17ClN2O5S/c1-24-15-8-12(22)7-14(20(15)29-10-17(24)25)21-23-19(16(30-21)9-18(26)27)11-3-5-13(28-2)6-4-11/h3-8H,9-10H2,1-2H3,(H,26,27). The van der Waals surface area contributed by atoms with Crippen LogP contribution in [0.25, 0.3) is 21.8 Å². The van der Waals surface area contributed by atoms with E-state index in [1.807, 2.05) is 12.1 Å². The minimum atomic E-state index is -0.949. The molecule has 0 spiro atoms. The molecular weight excluding hydrogens is 428 g/mol. The van der Waals surface area contributed by atoms with Gasteiger partial charge in [-0.1, -0.05) is 11.6 Å². The molecule has 0 saturated carbocycles. The number of methoxy groups -OCH3 is 1. The Kier molecular flexibility index (Phi) is 5.36. The van der Waals surface area contributed by atoms with E-state index >= 15 is 0 Å². The second-order valence-electron chi connectivity index (χ2n) is 6.63. The summed E-state index contributed by atoms with van der Waals surface area (Å²) in [5, 5.41) is 10.4. The maximum atomic E-state index is 12.0. The summed E-state index contributed by atoms with van der Waals surface area (Å²) in [6.07, 6.45) is -0.166. The van der Waals surface area contributed by atoms with Crippen molar-refractivity contribution in [3.63, 3.8) is 0 Å². The van der Waals surface area contributed by atoms with Crippen molar-refractivity contribution in [1.82, 2.24) is 4.98 Å². The average molecular weight is 445 g/mol. The van der Waals surface area contributed by atoms with E-state index in [9.17, 15) is 14.7 Å². The quantitative estimate of drug-likeness (QED) is 0.636. The number of rotatable bonds is 5. The van der Waals surface area contributed by atoms with Crippen LogP contribution in [0.3, 0.4) is 0 Å². The van der Waals surface area contributed by atoms with Gasteiger partial charge in [0.1, 0.15) is 10.8 Å². The van der Waals surface area contributed by atoms with Gasteiger partial charge in [-0.2, -0.15) is 0 Å². The Balaban J connectivity index is 1.86. The first-order valence-electron chi connectivity index (χ1n) is 8.96. The second kappa shape index (κ2) is 7.97. The number of ether oxygens (including phenoxy) is 2. The molecule has 1 amide bonds. The van der Waals surface area contributed by atoms with Crippen LogP contribution in [0.5, 0.6) is 11.5 Å². The smallest absolute Gasteiger partial charge is 0.308 e. The minimum Gasteiger partial charge on any atom is -0.497 e. The van der Waals surface area contributed by atoms with Crippen LogP contribution in [-0.4, -0.2) is 42.7 Å². The number of nitrogens with zero attached hydrogens (tertiary/aromatic N) is 2. The number of carbonyl (C=O) groups excluding carboxylic acids is 1. The van der Waals surface area contributed by atoms with Crippen LogP contribution in [-0.2, 0) is 16.0 Å². The van der Waals surface area contributed by atoms with Gasteiger partial charge in [0.15, 0.2) is 12.4 Å². The minimum absolute atomic E-state index is 0.0865. The maximum absolute atomic E-state index is 12.0. The lowest BCUT2D eigenvalue weighted by molar-refractivity contribution is -0.136. The number of aliphatic carboxylic acids is 1. The van der Waals surface area contributed by atoms with E-state index in [0.29, 0.717) is 43.4 Å². The van der Waals surface area contributed by atoms with Crippen molar-refractivity contribution in [2.45, 2.75) is 6.42 Å². The number of fused-ring (bicyclic) bond motifs is 1. The Morgan fingerprint density at radius 2 is 2.07 bits per heavy atom. The zero-order chi connectivity index (χ0) is 21.4. The highest BCUT2D eigenvalue weighted by molar-refractivity contribution is 7.15. The van der Waals surface area contributed by atoms with Crippen LogP contribution in [0.2, 0.25) is 5.02 Å². The molecule has 2 aromatic carbocycles. The molecule has 154 valence electrons. The topological polar surface area (TPSA) is 89.0 Å². The van der Waals surface area contributed by atoms with Crippen molar-refractivity contribution in [3.05, 3.63) is 46.3 Å². The Morgan fingerprint density at radius 1 is 1.33 bits per heavy atom. The van der Waals surface area contributed by atoms with Gasteiger partial charge in [0.2, 0.25) is 0 Å². The molecule has 1 aromatic heterocycles. The van der Waals surface area contributed by atoms with Crippen molar-refractivity contribution >= 4 is 40.5 Å². The van der Waals surface area contributed by atoms with E-state index in [0.717, 1.165) is 5.56 Å². The van der Waals surface area contributed by atoms with Crippen LogP contribution in [0.15, 0.2) is 36.4 Å². The third-order valence-electron chi connectivity index (χ3n) is 4.71. The summed E-state index contributed by atoms with van der Waals surface area (Å²) in [7, 11) is 3.24. The van der Waals surface area contributed by atoms with Crippen molar-refractivity contribution < 1.29 is 24.2 Å². The second-order valence-corrected chi connectivity index (χ2v) is 8.15. The summed E-state index contributed by atoms with van der Waals surface area (Å²) < 4.78 is 10.9. The number of hydrogen-bond acceptors (Lipinski definition) is 6. The number of amides is 1. The fourth-order valence-electron chi connectivity index (χ4n) is 3.20. The Bertz CT molecular complexity index is 1140. The van der Waals surface area contributed by atoms with Gasteiger partial charge < -0.3 is 19.5 Å². The van der Waals surface area contributed by atoms with E-state index < -0.39 is 5.97 Å². The number of aromatic nitrogens is 1. The molecule has 7 nitrogen and oxygen atoms in total. The molecule has 0 saturated heterocycles. The molecule has 4 rings (SSSR count). The van der Waals surface area contributed by atoms with Crippen LogP contribution in [0, 0.1) is 0 Å². The van der Waals surface area contributed by atoms with E-state index in [1.54, 1.807) is 38.4 Å². The molecule has 30 heavy (non-hydrogen) atoms. The Labute approximate surface area is 181 Å². The number of anilines is 1. The monoisotopic (exact) mass is 444 g/mol. The predicted octanol–water partition coefficient (Wildman–Crippen LogP) is 4.12. The Morgan fingerprint density at radius 3 is 2.73 bits per heavy atom. The van der Waals surface area contributed by atoms with Crippen LogP contribution in [0.4, 0.5) is 5.69 Å². The van der Waals surface area contributed by atoms with Crippen molar-refractivity contribution in [2.75, 3.05) is 25.7 Å². The fraction of sp³-hybridized carbons (Fsp3) is 0.190. The molecule has 1 aliphatic heterocycles. The molecule has 2 heterocycles. The largest absolute Gasteiger partial charge is 0.497 e. The van der Waals surface area contributed by atoms with E-state index in [4.69, 9.17) is 26.1 Å². The number of likely N-dealkylation sites (N-methyl/N-ethyl adjacent to an activating group) is 1. The SMILES string of the molecule is COc1ccc(-c2nc(-c3cc(Cl)cc4c3OCC(=O)N4C)sc2CC(=O)O)cc1. The zero-order valence-electron chi connectivity index (χ0n) is 16.1. The molecule has 0 aliphatic carbocycles. The first-order valence-corrected chi connectivity index (χ1v) is 10.2. The van der Waals surface area contributed by atoms with Crippen LogP contribution >= 0.6 is 22.9 Å². The molecule has 9 heteroatoms. The number of hydrogen-bond donors (Lipinski definition) is 1. The summed E-state index contributed by atoms with van der Waals surface area (Å²) >= 11 is 7.57. The first kappa shape index (κ1) is 20.2. The maximum Gasteiger partial charge on any atom is 0.308 e. The number of benzene rings is 2. The van der Waals surface area contributed by atoms with Gasteiger partial charge in [-0.3, -0.25) is 9.59 Å². The summed E-state index contributed by atoms with van der Waals surface area (Å²) in [5.74, 6) is 0.0624. The normalized spacial score (nSPS) is 13.0. The molecule has 1 aliphatic rings. The van der Waals surface area contributed by atoms with Crippen molar-refractivity contribution in [1.29, 1.82) is 0 Å². The van der Waals surface area contributed by atoms with E-state index in [2.05, 4.69) is 0 Å². The lowest BCUT2D eigenvalue weighted by atomic mass is 10.1. The number of halogens is 1. The highest BCUT2D eigenvalue weighted by Gasteiger charge is 2.28. The van der Waals surface area contributed by atoms with Gasteiger partial charge in [0.25, 0.3) is 5.91 Å². The molecule has 0 bridgehead atoms. The Hall–Kier alpha value is -3.10. The van der Waals surface area contributed by atoms with Crippen molar-refractivity contribution in [3.8, 4) is 33.3 Å². The number of carboxylic acids is 1. The predicted molar refractivity (Wildman–Crippen MR) is 115 cm³/mol. The van der Waals surface area contributed by atoms with Gasteiger partial charge in [-0.05, 0) is 36.4 Å². The lowest BCUT2D eigenvalue weighted by Crippen LogP contribution is -2.35. The molecule has 0 unspecified atom stereocenters. The van der Waals surface area contributed by atoms with Gasteiger partial charge in [0.05, 0.1) is 30.5 Å². The summed E-state index contributed by atoms with van der Waals surface area (Å²) in [6, 6.07) is 10.6. The van der Waals surface area contributed by atoms with Crippen molar-refractivity contribution in [2.24, 2.45) is 0 Å². The summed E-state index contributed by atoms with van der Waals surface area (Å²) in [5.41, 5.74) is 2.52. The third kappa shape index (κ3) is 3.71. The molecule has 0 fully saturated rings. The van der Waals surface area contributed by atoms with E-state index in [1.165, 1.54) is 16.2 Å². The molecule has 1 N–H and O–H groups in total. The molecule has 3 aromatic rings. The highest BCUT2D eigenvalue weighted by Crippen LogP contribution is 2.45. The van der Waals surface area contributed by atoms with Gasteiger partial charge in [0, 0.05) is 22.5 Å². The highest BCUT2D eigenvalue weighted by atomic mass is 35.5. The summed E-state index contributed by atoms with van der Waals surface area (Å²) in [6.45, 7) is -0.0865. The number of thiazole rings is 1. The van der Waals surface area contributed by atoms with Crippen LogP contribution < -0.4 is 14.4 Å². The number of carboxylic acid groups (broad SMARTS) is 1. The van der Waals surface area contributed by atoms with E-state index in [-0.39, 0.29) is 18.9 Å². The fourth-order valence-corrected chi connectivity index (χ4v) is 4.50. The number of carbonyl (C=O) groups is 2. The molecular formula is C21H17ClN2O5S. The lowest BCUT2D eigenvalue weighted by Gasteiger charge is -2.27. The third-order valence-corrected chi connectivity index (χ3v) is 6.02.